The van der Waals surface area contributed by atoms with E-state index in [-0.39, 0.29) is 11.8 Å². The summed E-state index contributed by atoms with van der Waals surface area (Å²) in [6, 6.07) is 7.26. The molecule has 1 saturated heterocycles. The first-order chi connectivity index (χ1) is 8.99. The summed E-state index contributed by atoms with van der Waals surface area (Å²) < 4.78 is 0. The zero-order valence-electron chi connectivity index (χ0n) is 10.9. The summed E-state index contributed by atoms with van der Waals surface area (Å²) in [6.07, 6.45) is 0. The van der Waals surface area contributed by atoms with Crippen molar-refractivity contribution >= 4 is 11.9 Å². The number of nitrogens with zero attached hydrogens (tertiary/aromatic N) is 1. The lowest BCUT2D eigenvalue weighted by Crippen LogP contribution is -2.50. The van der Waals surface area contributed by atoms with Gasteiger partial charge >= 0.3 is 5.97 Å². The Morgan fingerprint density at radius 3 is 2.63 bits per heavy atom. The second-order valence-electron chi connectivity index (χ2n) is 5.10. The van der Waals surface area contributed by atoms with Crippen molar-refractivity contribution in [3.8, 4) is 0 Å². The lowest BCUT2D eigenvalue weighted by Gasteiger charge is -2.41. The third kappa shape index (κ3) is 2.93. The Hall–Kier alpha value is -1.88. The van der Waals surface area contributed by atoms with Crippen molar-refractivity contribution < 1.29 is 14.7 Å². The highest BCUT2D eigenvalue weighted by atomic mass is 16.4. The van der Waals surface area contributed by atoms with Crippen molar-refractivity contribution in [2.75, 3.05) is 13.1 Å². The number of carboxylic acid groups (broad SMARTS) is 1. The number of carbonyl (C=O) groups is 2. The molecule has 0 radical (unpaired) electrons. The largest absolute Gasteiger partial charge is 0.481 e. The van der Waals surface area contributed by atoms with E-state index in [1.807, 2.05) is 12.1 Å². The first kappa shape index (κ1) is 13.5. The maximum atomic E-state index is 11.3. The predicted octanol–water partition coefficient (Wildman–Crippen LogP) is 0.938. The Labute approximate surface area is 112 Å². The van der Waals surface area contributed by atoms with Gasteiger partial charge in [0.25, 0.3) is 0 Å². The van der Waals surface area contributed by atoms with Gasteiger partial charge in [0.05, 0.1) is 5.92 Å². The fourth-order valence-corrected chi connectivity index (χ4v) is 2.40. The SMILES string of the molecule is CC(C(=O)O)C1CN(Cc2ccccc2C(N)=O)C1. The Morgan fingerprint density at radius 1 is 1.42 bits per heavy atom. The number of carboxylic acids is 1. The molecule has 2 rings (SSSR count). The maximum Gasteiger partial charge on any atom is 0.306 e. The van der Waals surface area contributed by atoms with E-state index in [4.69, 9.17) is 10.8 Å². The van der Waals surface area contributed by atoms with Crippen LogP contribution in [0, 0.1) is 11.8 Å². The number of amides is 1. The van der Waals surface area contributed by atoms with Gasteiger partial charge in [-0.2, -0.15) is 0 Å². The quantitative estimate of drug-likeness (QED) is 0.827. The number of rotatable bonds is 5. The molecule has 0 aliphatic carbocycles. The van der Waals surface area contributed by atoms with Gasteiger partial charge in [0.15, 0.2) is 0 Å². The van der Waals surface area contributed by atoms with Crippen molar-refractivity contribution in [2.45, 2.75) is 13.5 Å². The minimum absolute atomic E-state index is 0.193. The van der Waals surface area contributed by atoms with Gasteiger partial charge in [-0.15, -0.1) is 0 Å². The van der Waals surface area contributed by atoms with E-state index in [1.165, 1.54) is 0 Å². The molecule has 3 N–H and O–H groups in total. The van der Waals surface area contributed by atoms with E-state index < -0.39 is 11.9 Å². The lowest BCUT2D eigenvalue weighted by atomic mass is 9.86. The zero-order chi connectivity index (χ0) is 14.0. The molecule has 1 atom stereocenters. The highest BCUT2D eigenvalue weighted by molar-refractivity contribution is 5.94. The molecule has 1 aliphatic heterocycles. The summed E-state index contributed by atoms with van der Waals surface area (Å²) in [4.78, 5) is 24.3. The maximum absolute atomic E-state index is 11.3. The molecule has 1 aromatic carbocycles. The Bertz CT molecular complexity index is 495. The fourth-order valence-electron chi connectivity index (χ4n) is 2.40. The zero-order valence-corrected chi connectivity index (χ0v) is 10.9. The normalized spacial score (nSPS) is 17.7. The van der Waals surface area contributed by atoms with Crippen LogP contribution in [0.3, 0.4) is 0 Å². The van der Waals surface area contributed by atoms with Crippen molar-refractivity contribution in [1.29, 1.82) is 0 Å². The molecule has 5 nitrogen and oxygen atoms in total. The number of primary amides is 1. The molecule has 0 bridgehead atoms. The molecule has 102 valence electrons. The van der Waals surface area contributed by atoms with Crippen molar-refractivity contribution in [2.24, 2.45) is 17.6 Å². The Kier molecular flexibility index (Phi) is 3.85. The molecule has 1 heterocycles. The van der Waals surface area contributed by atoms with Gasteiger partial charge in [-0.1, -0.05) is 25.1 Å². The summed E-state index contributed by atoms with van der Waals surface area (Å²) >= 11 is 0. The van der Waals surface area contributed by atoms with E-state index >= 15 is 0 Å². The first-order valence-electron chi connectivity index (χ1n) is 6.32. The van der Waals surface area contributed by atoms with Crippen LogP contribution in [0.25, 0.3) is 0 Å². The number of hydrogen-bond acceptors (Lipinski definition) is 3. The van der Waals surface area contributed by atoms with Gasteiger partial charge in [0, 0.05) is 25.2 Å². The van der Waals surface area contributed by atoms with Gasteiger partial charge in [-0.25, -0.2) is 0 Å². The average Bonchev–Trinajstić information content (AvgIpc) is 2.32. The monoisotopic (exact) mass is 262 g/mol. The molecule has 1 aliphatic rings. The summed E-state index contributed by atoms with van der Waals surface area (Å²) in [5, 5.41) is 8.93. The molecule has 1 unspecified atom stereocenters. The topological polar surface area (TPSA) is 83.6 Å². The standard InChI is InChI=1S/C14H18N2O3/c1-9(14(18)19)11-7-16(8-11)6-10-4-2-3-5-12(10)13(15)17/h2-5,9,11H,6-8H2,1H3,(H2,15,17)(H,18,19). The number of hydrogen-bond donors (Lipinski definition) is 2. The first-order valence-corrected chi connectivity index (χ1v) is 6.32. The smallest absolute Gasteiger partial charge is 0.306 e. The summed E-state index contributed by atoms with van der Waals surface area (Å²) in [5.74, 6) is -1.30. The average molecular weight is 262 g/mol. The molecule has 0 saturated carbocycles. The Morgan fingerprint density at radius 2 is 2.05 bits per heavy atom. The van der Waals surface area contributed by atoms with E-state index in [2.05, 4.69) is 4.90 Å². The van der Waals surface area contributed by atoms with E-state index in [0.717, 1.165) is 18.7 Å². The number of likely N-dealkylation sites (tertiary alicyclic amines) is 1. The molecular weight excluding hydrogens is 244 g/mol. The van der Waals surface area contributed by atoms with Gasteiger partial charge < -0.3 is 10.8 Å². The highest BCUT2D eigenvalue weighted by Gasteiger charge is 2.34. The van der Waals surface area contributed by atoms with Crippen LogP contribution in [-0.4, -0.2) is 35.0 Å². The molecule has 1 aromatic rings. The van der Waals surface area contributed by atoms with Crippen molar-refractivity contribution in [3.05, 3.63) is 35.4 Å². The Balaban J connectivity index is 1.95. The highest BCUT2D eigenvalue weighted by Crippen LogP contribution is 2.26. The third-order valence-electron chi connectivity index (χ3n) is 3.76. The van der Waals surface area contributed by atoms with Crippen molar-refractivity contribution in [3.63, 3.8) is 0 Å². The minimum atomic E-state index is -0.748. The molecule has 1 fully saturated rings. The van der Waals surface area contributed by atoms with E-state index in [1.54, 1.807) is 19.1 Å². The second-order valence-corrected chi connectivity index (χ2v) is 5.10. The predicted molar refractivity (Wildman–Crippen MR) is 70.5 cm³/mol. The molecule has 0 aromatic heterocycles. The molecule has 19 heavy (non-hydrogen) atoms. The van der Waals surface area contributed by atoms with Gasteiger partial charge in [-0.3, -0.25) is 14.5 Å². The molecule has 1 amide bonds. The van der Waals surface area contributed by atoms with Crippen LogP contribution in [0.1, 0.15) is 22.8 Å². The molecule has 0 spiro atoms. The van der Waals surface area contributed by atoms with Crippen LogP contribution in [0.4, 0.5) is 0 Å². The number of aliphatic carboxylic acids is 1. The lowest BCUT2D eigenvalue weighted by molar-refractivity contribution is -0.145. The summed E-state index contributed by atoms with van der Waals surface area (Å²) in [5.41, 5.74) is 6.77. The van der Waals surface area contributed by atoms with Crippen LogP contribution in [0.15, 0.2) is 24.3 Å². The minimum Gasteiger partial charge on any atom is -0.481 e. The second kappa shape index (κ2) is 5.40. The van der Waals surface area contributed by atoms with Crippen molar-refractivity contribution in [1.82, 2.24) is 4.90 Å². The summed E-state index contributed by atoms with van der Waals surface area (Å²) in [7, 11) is 0. The summed E-state index contributed by atoms with van der Waals surface area (Å²) in [6.45, 7) is 3.88. The molecule has 5 heteroatoms. The number of nitrogens with two attached hydrogens (primary N) is 1. The van der Waals surface area contributed by atoms with Crippen LogP contribution in [-0.2, 0) is 11.3 Å². The van der Waals surface area contributed by atoms with Crippen LogP contribution < -0.4 is 5.73 Å². The van der Waals surface area contributed by atoms with Crippen LogP contribution >= 0.6 is 0 Å². The van der Waals surface area contributed by atoms with Crippen LogP contribution in [0.2, 0.25) is 0 Å². The number of carbonyl (C=O) groups excluding carboxylic acids is 1. The van der Waals surface area contributed by atoms with E-state index in [0.29, 0.717) is 12.1 Å². The molecular formula is C14H18N2O3. The third-order valence-corrected chi connectivity index (χ3v) is 3.76. The number of benzene rings is 1. The van der Waals surface area contributed by atoms with Gasteiger partial charge in [0.1, 0.15) is 0 Å². The van der Waals surface area contributed by atoms with E-state index in [9.17, 15) is 9.59 Å². The van der Waals surface area contributed by atoms with Gasteiger partial charge in [0.2, 0.25) is 5.91 Å². The fraction of sp³-hybridized carbons (Fsp3) is 0.429. The van der Waals surface area contributed by atoms with Crippen LogP contribution in [0.5, 0.6) is 0 Å². The van der Waals surface area contributed by atoms with Gasteiger partial charge in [-0.05, 0) is 17.5 Å².